The second kappa shape index (κ2) is 6.16. The van der Waals surface area contributed by atoms with Crippen molar-refractivity contribution in [2.75, 3.05) is 31.7 Å². The molecule has 0 saturated carbocycles. The van der Waals surface area contributed by atoms with E-state index in [2.05, 4.69) is 23.0 Å². The second-order valence-corrected chi connectivity index (χ2v) is 5.09. The second-order valence-electron chi connectivity index (χ2n) is 5.09. The zero-order valence-corrected chi connectivity index (χ0v) is 11.4. The van der Waals surface area contributed by atoms with Crippen molar-refractivity contribution >= 4 is 5.69 Å². The van der Waals surface area contributed by atoms with Gasteiger partial charge in [-0.15, -0.1) is 0 Å². The first-order chi connectivity index (χ1) is 8.70. The average molecular weight is 249 g/mol. The van der Waals surface area contributed by atoms with E-state index < -0.39 is 0 Å². The Hall–Kier alpha value is -1.13. The number of anilines is 1. The predicted octanol–water partition coefficient (Wildman–Crippen LogP) is 1.71. The Balaban J connectivity index is 2.07. The van der Waals surface area contributed by atoms with E-state index in [1.165, 1.54) is 5.69 Å². The highest BCUT2D eigenvalue weighted by atomic mass is 16.5. The molecule has 0 radical (unpaired) electrons. The number of hydrogen-bond donors (Lipinski definition) is 1. The number of aromatic nitrogens is 1. The molecule has 0 aliphatic carbocycles. The maximum atomic E-state index is 5.78. The number of pyridine rings is 1. The van der Waals surface area contributed by atoms with Crippen LogP contribution in [0.3, 0.4) is 0 Å². The van der Waals surface area contributed by atoms with Gasteiger partial charge in [0.25, 0.3) is 0 Å². The van der Waals surface area contributed by atoms with Crippen LogP contribution < -0.4 is 10.6 Å². The Labute approximate surface area is 109 Å². The SMILES string of the molecule is Cc1cc(N(C)CC2CCOCC2)c(CN)cn1. The van der Waals surface area contributed by atoms with Crippen molar-refractivity contribution in [2.24, 2.45) is 11.7 Å². The highest BCUT2D eigenvalue weighted by molar-refractivity contribution is 5.53. The summed E-state index contributed by atoms with van der Waals surface area (Å²) in [6.45, 7) is 5.43. The van der Waals surface area contributed by atoms with E-state index in [4.69, 9.17) is 10.5 Å². The number of aryl methyl sites for hydroxylation is 1. The van der Waals surface area contributed by atoms with Gasteiger partial charge in [0, 0.05) is 56.5 Å². The lowest BCUT2D eigenvalue weighted by Gasteiger charge is -2.29. The summed E-state index contributed by atoms with van der Waals surface area (Å²) in [6, 6.07) is 2.13. The van der Waals surface area contributed by atoms with Gasteiger partial charge in [-0.2, -0.15) is 0 Å². The summed E-state index contributed by atoms with van der Waals surface area (Å²) in [7, 11) is 2.14. The molecule has 1 saturated heterocycles. The van der Waals surface area contributed by atoms with E-state index in [0.29, 0.717) is 6.54 Å². The van der Waals surface area contributed by atoms with Gasteiger partial charge in [0.15, 0.2) is 0 Å². The van der Waals surface area contributed by atoms with Crippen LogP contribution in [0, 0.1) is 12.8 Å². The number of nitrogens with zero attached hydrogens (tertiary/aromatic N) is 2. The lowest BCUT2D eigenvalue weighted by molar-refractivity contribution is 0.0685. The van der Waals surface area contributed by atoms with E-state index >= 15 is 0 Å². The van der Waals surface area contributed by atoms with E-state index in [-0.39, 0.29) is 0 Å². The van der Waals surface area contributed by atoms with Gasteiger partial charge in [-0.1, -0.05) is 0 Å². The fourth-order valence-corrected chi connectivity index (χ4v) is 2.50. The summed E-state index contributed by atoms with van der Waals surface area (Å²) < 4.78 is 5.40. The van der Waals surface area contributed by atoms with Crippen LogP contribution in [0.25, 0.3) is 0 Å². The lowest BCUT2D eigenvalue weighted by atomic mass is 9.99. The Morgan fingerprint density at radius 1 is 1.44 bits per heavy atom. The van der Waals surface area contributed by atoms with Gasteiger partial charge in [-0.25, -0.2) is 0 Å². The van der Waals surface area contributed by atoms with Crippen molar-refractivity contribution < 1.29 is 4.74 Å². The molecule has 4 nitrogen and oxygen atoms in total. The summed E-state index contributed by atoms with van der Waals surface area (Å²) in [5.74, 6) is 0.725. The van der Waals surface area contributed by atoms with Gasteiger partial charge in [-0.3, -0.25) is 4.98 Å². The van der Waals surface area contributed by atoms with Crippen LogP contribution in [0.4, 0.5) is 5.69 Å². The molecular formula is C14H23N3O. The molecule has 2 heterocycles. The van der Waals surface area contributed by atoms with Crippen molar-refractivity contribution in [3.8, 4) is 0 Å². The van der Waals surface area contributed by atoms with Crippen LogP contribution in [0.15, 0.2) is 12.3 Å². The van der Waals surface area contributed by atoms with Crippen molar-refractivity contribution in [1.82, 2.24) is 4.98 Å². The van der Waals surface area contributed by atoms with Crippen molar-refractivity contribution in [3.63, 3.8) is 0 Å². The lowest BCUT2D eigenvalue weighted by Crippen LogP contribution is -2.30. The smallest absolute Gasteiger partial charge is 0.0469 e. The minimum atomic E-state index is 0.542. The summed E-state index contributed by atoms with van der Waals surface area (Å²) in [5.41, 5.74) is 9.17. The standard InChI is InChI=1S/C14H23N3O/c1-11-7-14(13(8-15)9-16-11)17(2)10-12-3-5-18-6-4-12/h7,9,12H,3-6,8,10,15H2,1-2H3. The fourth-order valence-electron chi connectivity index (χ4n) is 2.50. The van der Waals surface area contributed by atoms with Gasteiger partial charge in [-0.05, 0) is 31.7 Å². The topological polar surface area (TPSA) is 51.4 Å². The summed E-state index contributed by atoms with van der Waals surface area (Å²) in [5, 5.41) is 0. The molecule has 0 unspecified atom stereocenters. The van der Waals surface area contributed by atoms with Crippen LogP contribution in [0.2, 0.25) is 0 Å². The number of nitrogens with two attached hydrogens (primary N) is 1. The molecule has 18 heavy (non-hydrogen) atoms. The van der Waals surface area contributed by atoms with Gasteiger partial charge in [0.2, 0.25) is 0 Å². The van der Waals surface area contributed by atoms with E-state index in [1.54, 1.807) is 0 Å². The first kappa shape index (κ1) is 13.3. The van der Waals surface area contributed by atoms with Gasteiger partial charge >= 0.3 is 0 Å². The maximum absolute atomic E-state index is 5.78. The van der Waals surface area contributed by atoms with Gasteiger partial charge in [0.05, 0.1) is 0 Å². The zero-order chi connectivity index (χ0) is 13.0. The molecule has 0 bridgehead atoms. The van der Waals surface area contributed by atoms with Crippen LogP contribution in [0.5, 0.6) is 0 Å². The molecule has 100 valence electrons. The molecular weight excluding hydrogens is 226 g/mol. The van der Waals surface area contributed by atoms with Crippen molar-refractivity contribution in [3.05, 3.63) is 23.5 Å². The van der Waals surface area contributed by atoms with Gasteiger partial charge in [0.1, 0.15) is 0 Å². The minimum absolute atomic E-state index is 0.542. The molecule has 2 rings (SSSR count). The minimum Gasteiger partial charge on any atom is -0.381 e. The molecule has 4 heteroatoms. The normalized spacial score (nSPS) is 16.8. The molecule has 2 N–H and O–H groups in total. The van der Waals surface area contributed by atoms with Crippen LogP contribution in [-0.4, -0.2) is 31.8 Å². The molecule has 0 spiro atoms. The third kappa shape index (κ3) is 3.21. The molecule has 1 aliphatic rings. The maximum Gasteiger partial charge on any atom is 0.0469 e. The summed E-state index contributed by atoms with van der Waals surface area (Å²) in [4.78, 5) is 6.63. The average Bonchev–Trinajstić information content (AvgIpc) is 2.40. The third-order valence-corrected chi connectivity index (χ3v) is 3.60. The highest BCUT2D eigenvalue weighted by Crippen LogP contribution is 2.23. The van der Waals surface area contributed by atoms with E-state index in [1.807, 2.05) is 13.1 Å². The first-order valence-corrected chi connectivity index (χ1v) is 6.65. The molecule has 1 aromatic rings. The summed E-state index contributed by atoms with van der Waals surface area (Å²) >= 11 is 0. The third-order valence-electron chi connectivity index (χ3n) is 3.60. The Morgan fingerprint density at radius 3 is 2.83 bits per heavy atom. The molecule has 1 aromatic heterocycles. The van der Waals surface area contributed by atoms with Crippen LogP contribution in [-0.2, 0) is 11.3 Å². The quantitative estimate of drug-likeness (QED) is 0.882. The van der Waals surface area contributed by atoms with Gasteiger partial charge < -0.3 is 15.4 Å². The van der Waals surface area contributed by atoms with Crippen LogP contribution in [0.1, 0.15) is 24.1 Å². The number of hydrogen-bond acceptors (Lipinski definition) is 4. The fraction of sp³-hybridized carbons (Fsp3) is 0.643. The van der Waals surface area contributed by atoms with Crippen molar-refractivity contribution in [1.29, 1.82) is 0 Å². The Kier molecular flexibility index (Phi) is 4.55. The molecule has 1 fully saturated rings. The molecule has 0 aromatic carbocycles. The first-order valence-electron chi connectivity index (χ1n) is 6.65. The van der Waals surface area contributed by atoms with E-state index in [9.17, 15) is 0 Å². The molecule has 0 atom stereocenters. The van der Waals surface area contributed by atoms with E-state index in [0.717, 1.165) is 49.8 Å². The van der Waals surface area contributed by atoms with Crippen molar-refractivity contribution in [2.45, 2.75) is 26.3 Å². The molecule has 1 aliphatic heterocycles. The largest absolute Gasteiger partial charge is 0.381 e. The zero-order valence-electron chi connectivity index (χ0n) is 11.4. The molecule has 0 amide bonds. The predicted molar refractivity (Wildman–Crippen MR) is 73.7 cm³/mol. The monoisotopic (exact) mass is 249 g/mol. The Bertz CT molecular complexity index is 389. The number of ether oxygens (including phenoxy) is 1. The Morgan fingerprint density at radius 2 is 2.17 bits per heavy atom. The number of rotatable bonds is 4. The highest BCUT2D eigenvalue weighted by Gasteiger charge is 2.17. The summed E-state index contributed by atoms with van der Waals surface area (Å²) in [6.07, 6.45) is 4.21. The van der Waals surface area contributed by atoms with Crippen LogP contribution >= 0.6 is 0 Å².